The Morgan fingerprint density at radius 3 is 1.05 bits per heavy atom. The SMILES string of the molecule is c1ccc(-c2ccc(-c3nc(-c4ccc(-c5ccccc5)cc4)nc(-c4ccc(-n5c6ccccc6c6ccc7c8ccc9c%10ccccc%10n(-c%10cccc(-c%11ccccc%11)c%10)c9c8oc7c65)cc4)n3)cc2)cc1. The molecule has 11 aromatic carbocycles. The third kappa shape index (κ3) is 7.07. The Balaban J connectivity index is 0.884. The van der Waals surface area contributed by atoms with Crippen LogP contribution in [-0.4, -0.2) is 24.1 Å². The van der Waals surface area contributed by atoms with Crippen molar-refractivity contribution >= 4 is 65.6 Å². The van der Waals surface area contributed by atoms with Gasteiger partial charge in [-0.3, -0.25) is 0 Å². The van der Waals surface area contributed by atoms with Crippen LogP contribution < -0.4 is 0 Å². The van der Waals surface area contributed by atoms with Gasteiger partial charge in [-0.15, -0.1) is 0 Å². The van der Waals surface area contributed by atoms with E-state index in [4.69, 9.17) is 19.4 Å². The van der Waals surface area contributed by atoms with Crippen LogP contribution in [0.4, 0.5) is 0 Å². The van der Waals surface area contributed by atoms with Crippen LogP contribution in [0.2, 0.25) is 0 Å². The summed E-state index contributed by atoms with van der Waals surface area (Å²) in [6, 6.07) is 92.1. The van der Waals surface area contributed by atoms with Crippen molar-refractivity contribution in [2.75, 3.05) is 0 Å². The first kappa shape index (κ1) is 42.5. The highest BCUT2D eigenvalue weighted by Gasteiger charge is 2.24. The van der Waals surface area contributed by atoms with E-state index in [2.05, 4.69) is 258 Å². The molecule has 6 heteroatoms. The molecule has 0 amide bonds. The van der Waals surface area contributed by atoms with Gasteiger partial charge in [0.25, 0.3) is 0 Å². The summed E-state index contributed by atoms with van der Waals surface area (Å²) in [6.45, 7) is 0. The summed E-state index contributed by atoms with van der Waals surface area (Å²) in [4.78, 5) is 15.4. The number of hydrogen-bond donors (Lipinski definition) is 0. The van der Waals surface area contributed by atoms with E-state index in [0.717, 1.165) is 116 Å². The zero-order chi connectivity index (χ0) is 49.4. The molecule has 0 unspecified atom stereocenters. The van der Waals surface area contributed by atoms with Gasteiger partial charge in [-0.05, 0) is 94.0 Å². The van der Waals surface area contributed by atoms with E-state index in [1.54, 1.807) is 0 Å². The van der Waals surface area contributed by atoms with E-state index in [1.165, 1.54) is 10.9 Å². The van der Waals surface area contributed by atoms with E-state index >= 15 is 0 Å². The number of rotatable bonds is 8. The molecule has 6 nitrogen and oxygen atoms in total. The fraction of sp³-hybridized carbons (Fsp3) is 0. The second-order valence-electron chi connectivity index (χ2n) is 19.1. The van der Waals surface area contributed by atoms with Crippen LogP contribution in [0.5, 0.6) is 0 Å². The van der Waals surface area contributed by atoms with Crippen molar-refractivity contribution < 1.29 is 4.42 Å². The first-order chi connectivity index (χ1) is 37.2. The number of furan rings is 1. The molecule has 0 saturated carbocycles. The molecule has 350 valence electrons. The van der Waals surface area contributed by atoms with E-state index < -0.39 is 0 Å². The molecule has 0 aliphatic heterocycles. The third-order valence-electron chi connectivity index (χ3n) is 14.8. The lowest BCUT2D eigenvalue weighted by atomic mass is 10.0. The Morgan fingerprint density at radius 1 is 0.240 bits per heavy atom. The molecular formula is C69H43N5O. The van der Waals surface area contributed by atoms with Gasteiger partial charge in [0.2, 0.25) is 0 Å². The van der Waals surface area contributed by atoms with Crippen LogP contribution in [0.15, 0.2) is 265 Å². The third-order valence-corrected chi connectivity index (χ3v) is 14.8. The Bertz CT molecular complexity index is 4550. The first-order valence-electron chi connectivity index (χ1n) is 25.3. The van der Waals surface area contributed by atoms with E-state index in [9.17, 15) is 0 Å². The topological polar surface area (TPSA) is 61.7 Å². The van der Waals surface area contributed by atoms with Gasteiger partial charge in [0.05, 0.1) is 22.1 Å². The minimum Gasteiger partial charge on any atom is -0.452 e. The van der Waals surface area contributed by atoms with Gasteiger partial charge in [0.1, 0.15) is 0 Å². The van der Waals surface area contributed by atoms with E-state index in [-0.39, 0.29) is 0 Å². The largest absolute Gasteiger partial charge is 0.452 e. The number of aromatic nitrogens is 5. The smallest absolute Gasteiger partial charge is 0.164 e. The van der Waals surface area contributed by atoms with Crippen molar-refractivity contribution in [2.24, 2.45) is 0 Å². The lowest BCUT2D eigenvalue weighted by Gasteiger charge is -2.11. The fourth-order valence-corrected chi connectivity index (χ4v) is 11.2. The summed E-state index contributed by atoms with van der Waals surface area (Å²) < 4.78 is 12.1. The van der Waals surface area contributed by atoms with Crippen molar-refractivity contribution in [3.05, 3.63) is 261 Å². The van der Waals surface area contributed by atoms with Gasteiger partial charge in [-0.1, -0.05) is 200 Å². The van der Waals surface area contributed by atoms with Gasteiger partial charge >= 0.3 is 0 Å². The van der Waals surface area contributed by atoms with Crippen molar-refractivity contribution in [3.8, 4) is 78.9 Å². The highest BCUT2D eigenvalue weighted by molar-refractivity contribution is 6.26. The Labute approximate surface area is 431 Å². The number of para-hydroxylation sites is 2. The average Bonchev–Trinajstić information content (AvgIpc) is 4.26. The number of hydrogen-bond acceptors (Lipinski definition) is 4. The molecule has 4 aromatic heterocycles. The lowest BCUT2D eigenvalue weighted by Crippen LogP contribution is -2.01. The molecule has 75 heavy (non-hydrogen) atoms. The van der Waals surface area contributed by atoms with Crippen LogP contribution in [-0.2, 0) is 0 Å². The summed E-state index contributed by atoms with van der Waals surface area (Å²) in [5, 5.41) is 6.73. The highest BCUT2D eigenvalue weighted by atomic mass is 16.3. The predicted molar refractivity (Wildman–Crippen MR) is 308 cm³/mol. The Kier molecular flexibility index (Phi) is 9.78. The van der Waals surface area contributed by atoms with Gasteiger partial charge in [0, 0.05) is 60.4 Å². The van der Waals surface area contributed by atoms with Gasteiger partial charge in [0.15, 0.2) is 28.6 Å². The monoisotopic (exact) mass is 957 g/mol. The zero-order valence-electron chi connectivity index (χ0n) is 40.5. The predicted octanol–water partition coefficient (Wildman–Crippen LogP) is 18.0. The van der Waals surface area contributed by atoms with Gasteiger partial charge in [-0.25, -0.2) is 15.0 Å². The quantitative estimate of drug-likeness (QED) is 0.152. The zero-order valence-corrected chi connectivity index (χ0v) is 40.5. The maximum absolute atomic E-state index is 7.38. The van der Waals surface area contributed by atoms with Crippen molar-refractivity contribution in [3.63, 3.8) is 0 Å². The summed E-state index contributed by atoms with van der Waals surface area (Å²) in [7, 11) is 0. The van der Waals surface area contributed by atoms with Gasteiger partial charge < -0.3 is 13.6 Å². The number of benzene rings is 11. The molecule has 0 atom stereocenters. The Hall–Kier alpha value is -10.2. The minimum atomic E-state index is 0.594. The maximum atomic E-state index is 7.38. The minimum absolute atomic E-state index is 0.594. The second-order valence-corrected chi connectivity index (χ2v) is 19.1. The molecule has 0 aliphatic rings. The van der Waals surface area contributed by atoms with E-state index in [0.29, 0.717) is 17.5 Å². The first-order valence-corrected chi connectivity index (χ1v) is 25.3. The molecule has 15 aromatic rings. The van der Waals surface area contributed by atoms with Crippen LogP contribution in [0.3, 0.4) is 0 Å². The molecular weight excluding hydrogens is 915 g/mol. The molecule has 0 N–H and O–H groups in total. The maximum Gasteiger partial charge on any atom is 0.164 e. The summed E-state index contributed by atoms with van der Waals surface area (Å²) in [5.74, 6) is 1.81. The van der Waals surface area contributed by atoms with Crippen molar-refractivity contribution in [2.45, 2.75) is 0 Å². The molecule has 0 saturated heterocycles. The highest BCUT2D eigenvalue weighted by Crippen LogP contribution is 2.45. The second kappa shape index (κ2) is 17.3. The summed E-state index contributed by atoms with van der Waals surface area (Å²) in [6.07, 6.45) is 0. The molecule has 0 aliphatic carbocycles. The number of nitrogens with zero attached hydrogens (tertiary/aromatic N) is 5. The molecule has 0 spiro atoms. The number of fused-ring (bicyclic) bond motifs is 11. The Morgan fingerprint density at radius 2 is 0.587 bits per heavy atom. The van der Waals surface area contributed by atoms with E-state index in [1.807, 2.05) is 12.1 Å². The van der Waals surface area contributed by atoms with Crippen molar-refractivity contribution in [1.82, 2.24) is 24.1 Å². The van der Waals surface area contributed by atoms with Crippen LogP contribution in [0.1, 0.15) is 0 Å². The summed E-state index contributed by atoms with van der Waals surface area (Å²) >= 11 is 0. The van der Waals surface area contributed by atoms with Gasteiger partial charge in [-0.2, -0.15) is 0 Å². The van der Waals surface area contributed by atoms with Crippen molar-refractivity contribution in [1.29, 1.82) is 0 Å². The summed E-state index contributed by atoms with van der Waals surface area (Å²) in [5.41, 5.74) is 17.7. The molecule has 0 bridgehead atoms. The fourth-order valence-electron chi connectivity index (χ4n) is 11.2. The normalized spacial score (nSPS) is 11.7. The molecule has 0 fully saturated rings. The standard InChI is InChI=1S/C69H43N5O/c1-4-15-44(16-5-1)47-27-31-49(32-28-47)67-70-68(50-33-29-48(30-34-50)45-17-6-2-7-18-45)72-69(71-67)51-35-37-53(38-36-51)73-61-25-12-10-23-55(61)57-39-41-59-60-42-40-58-56-24-11-13-26-62(56)74(64(58)66(60)75-65(59)63(57)73)54-22-14-21-52(43-54)46-19-8-3-9-20-46/h1-43H. The molecule has 15 rings (SSSR count). The molecule has 4 heterocycles. The van der Waals surface area contributed by atoms with Crippen LogP contribution in [0, 0.1) is 0 Å². The lowest BCUT2D eigenvalue weighted by molar-refractivity contribution is 0.673. The average molecular weight is 958 g/mol. The van der Waals surface area contributed by atoms with Crippen LogP contribution in [0.25, 0.3) is 144 Å². The molecule has 0 radical (unpaired) electrons. The van der Waals surface area contributed by atoms with Crippen LogP contribution >= 0.6 is 0 Å².